The van der Waals surface area contributed by atoms with Crippen molar-refractivity contribution in [3.05, 3.63) is 59.4 Å². The van der Waals surface area contributed by atoms with Crippen molar-refractivity contribution in [1.82, 2.24) is 5.32 Å². The lowest BCUT2D eigenvalue weighted by molar-refractivity contribution is -0.359. The van der Waals surface area contributed by atoms with Crippen molar-refractivity contribution < 1.29 is 44.7 Å². The predicted molar refractivity (Wildman–Crippen MR) is 81.2 cm³/mol. The van der Waals surface area contributed by atoms with Crippen LogP contribution in [0.5, 0.6) is 11.5 Å². The topological polar surface area (TPSA) is 38.3 Å². The van der Waals surface area contributed by atoms with Crippen molar-refractivity contribution >= 4 is 5.91 Å². The largest absolute Gasteiger partial charge is 0.460 e. The number of hydrogen-bond acceptors (Lipinski definition) is 2. The molecule has 0 aromatic heterocycles. The van der Waals surface area contributed by atoms with Gasteiger partial charge in [-0.05, 0) is 42.5 Å². The number of benzene rings is 2. The molecule has 0 fully saturated rings. The highest BCUT2D eigenvalue weighted by Crippen LogP contribution is 2.51. The molecule has 0 saturated carbocycles. The Kier molecular flexibility index (Phi) is 5.58. The lowest BCUT2D eigenvalue weighted by Gasteiger charge is -2.28. The quantitative estimate of drug-likeness (QED) is 0.679. The maximum absolute atomic E-state index is 13.9. The second-order valence-electron chi connectivity index (χ2n) is 5.50. The fourth-order valence-electron chi connectivity index (χ4n) is 2.09. The standard InChI is InChI=1S/C17H11F8NO2/c1-26-14(27)9-2-7-13(12(18)8-9)28-11-5-3-10(4-6-11)15(19,20)16(21,22)17(23,24)25/h2-8H,1H3,(H,26,27). The molecule has 2 rings (SSSR count). The molecule has 0 aliphatic rings. The highest BCUT2D eigenvalue weighted by Gasteiger charge is 2.73. The number of carbonyl (C=O) groups is 1. The van der Waals surface area contributed by atoms with E-state index in [0.717, 1.165) is 12.1 Å². The summed E-state index contributed by atoms with van der Waals surface area (Å²) in [4.78, 5) is 11.4. The van der Waals surface area contributed by atoms with E-state index < -0.39 is 41.1 Å². The molecule has 11 heteroatoms. The Morgan fingerprint density at radius 2 is 1.50 bits per heavy atom. The van der Waals surface area contributed by atoms with E-state index in [2.05, 4.69) is 5.32 Å². The van der Waals surface area contributed by atoms with Crippen LogP contribution in [-0.4, -0.2) is 25.1 Å². The molecule has 0 saturated heterocycles. The first-order chi connectivity index (χ1) is 12.8. The fourth-order valence-corrected chi connectivity index (χ4v) is 2.09. The number of amides is 1. The second-order valence-corrected chi connectivity index (χ2v) is 5.50. The molecule has 0 heterocycles. The summed E-state index contributed by atoms with van der Waals surface area (Å²) >= 11 is 0. The number of halogens is 8. The maximum Gasteiger partial charge on any atom is 0.460 e. The third-order valence-corrected chi connectivity index (χ3v) is 3.62. The van der Waals surface area contributed by atoms with E-state index in [9.17, 15) is 39.9 Å². The van der Waals surface area contributed by atoms with Gasteiger partial charge in [-0.25, -0.2) is 4.39 Å². The molecule has 0 aliphatic heterocycles. The summed E-state index contributed by atoms with van der Waals surface area (Å²) < 4.78 is 109. The van der Waals surface area contributed by atoms with Crippen LogP contribution in [0.4, 0.5) is 35.1 Å². The number of nitrogens with one attached hydrogen (secondary N) is 1. The van der Waals surface area contributed by atoms with Gasteiger partial charge >= 0.3 is 18.0 Å². The number of rotatable bonds is 5. The van der Waals surface area contributed by atoms with Gasteiger partial charge in [-0.15, -0.1) is 0 Å². The molecular weight excluding hydrogens is 402 g/mol. The van der Waals surface area contributed by atoms with E-state index in [1.54, 1.807) is 0 Å². The summed E-state index contributed by atoms with van der Waals surface area (Å²) in [7, 11) is 1.32. The smallest absolute Gasteiger partial charge is 0.454 e. The van der Waals surface area contributed by atoms with Crippen LogP contribution in [0.25, 0.3) is 0 Å². The summed E-state index contributed by atoms with van der Waals surface area (Å²) in [6, 6.07) is 5.08. The molecule has 0 radical (unpaired) electrons. The van der Waals surface area contributed by atoms with E-state index in [-0.39, 0.29) is 11.3 Å². The molecule has 2 aromatic rings. The molecule has 152 valence electrons. The highest BCUT2D eigenvalue weighted by molar-refractivity contribution is 5.94. The minimum absolute atomic E-state index is 0.0308. The zero-order valence-electron chi connectivity index (χ0n) is 13.9. The van der Waals surface area contributed by atoms with Crippen LogP contribution >= 0.6 is 0 Å². The molecule has 2 aromatic carbocycles. The van der Waals surface area contributed by atoms with Crippen LogP contribution in [-0.2, 0) is 5.92 Å². The molecule has 0 spiro atoms. The van der Waals surface area contributed by atoms with Crippen molar-refractivity contribution in [2.24, 2.45) is 0 Å². The normalized spacial score (nSPS) is 12.6. The fraction of sp³-hybridized carbons (Fsp3) is 0.235. The molecule has 0 atom stereocenters. The van der Waals surface area contributed by atoms with Crippen molar-refractivity contribution in [3.63, 3.8) is 0 Å². The first-order valence-electron chi connectivity index (χ1n) is 7.43. The Bertz CT molecular complexity index is 862. The summed E-state index contributed by atoms with van der Waals surface area (Å²) in [6.45, 7) is 0. The van der Waals surface area contributed by atoms with Gasteiger partial charge in [-0.2, -0.15) is 30.7 Å². The zero-order chi connectivity index (χ0) is 21.3. The number of carbonyl (C=O) groups excluding carboxylic acids is 1. The Morgan fingerprint density at radius 1 is 0.929 bits per heavy atom. The van der Waals surface area contributed by atoms with E-state index in [0.29, 0.717) is 24.3 Å². The molecule has 1 N–H and O–H groups in total. The van der Waals surface area contributed by atoms with E-state index in [4.69, 9.17) is 4.74 Å². The highest BCUT2D eigenvalue weighted by atomic mass is 19.4. The first-order valence-corrected chi connectivity index (χ1v) is 7.43. The Hall–Kier alpha value is -2.85. The van der Waals surface area contributed by atoms with Gasteiger partial charge in [0.1, 0.15) is 5.75 Å². The van der Waals surface area contributed by atoms with Crippen molar-refractivity contribution in [1.29, 1.82) is 0 Å². The summed E-state index contributed by atoms with van der Waals surface area (Å²) in [5, 5.41) is 2.26. The monoisotopic (exact) mass is 413 g/mol. The SMILES string of the molecule is CNC(=O)c1ccc(Oc2ccc(C(F)(F)C(F)(F)C(F)(F)F)cc2)c(F)c1. The first kappa shape index (κ1) is 21.5. The molecule has 1 amide bonds. The molecule has 28 heavy (non-hydrogen) atoms. The van der Waals surface area contributed by atoms with Gasteiger partial charge in [-0.3, -0.25) is 4.79 Å². The lowest BCUT2D eigenvalue weighted by atomic mass is 10.0. The molecule has 0 unspecified atom stereocenters. The average molecular weight is 413 g/mol. The molecular formula is C17H11F8NO2. The third kappa shape index (κ3) is 3.87. The number of hydrogen-bond donors (Lipinski definition) is 1. The van der Waals surface area contributed by atoms with Crippen LogP contribution in [0.1, 0.15) is 15.9 Å². The second kappa shape index (κ2) is 7.28. The predicted octanol–water partition coefficient (Wildman–Crippen LogP) is 5.27. The Morgan fingerprint density at radius 3 is 1.96 bits per heavy atom. The Balaban J connectivity index is 2.25. The van der Waals surface area contributed by atoms with Crippen molar-refractivity contribution in [2.75, 3.05) is 7.05 Å². The summed E-state index contributed by atoms with van der Waals surface area (Å²) in [5.41, 5.74) is -1.63. The molecule has 0 bridgehead atoms. The van der Waals surface area contributed by atoms with Crippen LogP contribution in [0.3, 0.4) is 0 Å². The minimum Gasteiger partial charge on any atom is -0.454 e. The van der Waals surface area contributed by atoms with Crippen LogP contribution in [0.15, 0.2) is 42.5 Å². The number of ether oxygens (including phenoxy) is 1. The van der Waals surface area contributed by atoms with Gasteiger partial charge in [0.05, 0.1) is 0 Å². The van der Waals surface area contributed by atoms with Gasteiger partial charge in [0.25, 0.3) is 5.91 Å². The van der Waals surface area contributed by atoms with E-state index >= 15 is 0 Å². The van der Waals surface area contributed by atoms with Crippen molar-refractivity contribution in [2.45, 2.75) is 18.0 Å². The maximum atomic E-state index is 13.9. The number of alkyl halides is 7. The zero-order valence-corrected chi connectivity index (χ0v) is 13.9. The Labute approximate surface area is 152 Å². The average Bonchev–Trinajstić information content (AvgIpc) is 2.62. The van der Waals surface area contributed by atoms with Gasteiger partial charge < -0.3 is 10.1 Å². The molecule has 0 aliphatic carbocycles. The molecule has 3 nitrogen and oxygen atoms in total. The van der Waals surface area contributed by atoms with Crippen molar-refractivity contribution in [3.8, 4) is 11.5 Å². The minimum atomic E-state index is -6.46. The third-order valence-electron chi connectivity index (χ3n) is 3.62. The van der Waals surface area contributed by atoms with Crippen LogP contribution in [0.2, 0.25) is 0 Å². The summed E-state index contributed by atoms with van der Waals surface area (Å²) in [6.07, 6.45) is -6.46. The van der Waals surface area contributed by atoms with E-state index in [1.807, 2.05) is 0 Å². The lowest BCUT2D eigenvalue weighted by Crippen LogP contribution is -2.49. The van der Waals surface area contributed by atoms with Gasteiger partial charge in [0.2, 0.25) is 0 Å². The van der Waals surface area contributed by atoms with Gasteiger partial charge in [-0.1, -0.05) is 0 Å². The van der Waals surface area contributed by atoms with Crippen LogP contribution in [0, 0.1) is 5.82 Å². The van der Waals surface area contributed by atoms with Gasteiger partial charge in [0.15, 0.2) is 11.6 Å². The van der Waals surface area contributed by atoms with Gasteiger partial charge in [0, 0.05) is 18.2 Å². The summed E-state index contributed by atoms with van der Waals surface area (Å²) in [5.74, 6) is -14.1. The van der Waals surface area contributed by atoms with E-state index in [1.165, 1.54) is 13.1 Å². The van der Waals surface area contributed by atoms with Crippen LogP contribution < -0.4 is 10.1 Å².